The molecule has 0 aliphatic rings. The second-order valence-corrected chi connectivity index (χ2v) is 12.4. The molecule has 0 aliphatic heterocycles. The Morgan fingerprint density at radius 3 is 1.59 bits per heavy atom. The van der Waals surface area contributed by atoms with Crippen LogP contribution in [-0.2, 0) is 22.5 Å². The van der Waals surface area contributed by atoms with Gasteiger partial charge in [0.15, 0.2) is 0 Å². The summed E-state index contributed by atoms with van der Waals surface area (Å²) >= 11 is 2.29. The van der Waals surface area contributed by atoms with E-state index in [0.29, 0.717) is 11.5 Å². The minimum Gasteiger partial charge on any atom is -0.287 e. The summed E-state index contributed by atoms with van der Waals surface area (Å²) in [4.78, 5) is 0. The van der Waals surface area contributed by atoms with Gasteiger partial charge in [0.05, 0.1) is 13.2 Å². The lowest BCUT2D eigenvalue weighted by molar-refractivity contribution is 0.171. The molecule has 0 heterocycles. The van der Waals surface area contributed by atoms with Crippen molar-refractivity contribution in [3.63, 3.8) is 0 Å². The van der Waals surface area contributed by atoms with Gasteiger partial charge in [-0.25, -0.2) is 8.88 Å². The van der Waals surface area contributed by atoms with Crippen molar-refractivity contribution in [3.05, 3.63) is 0 Å². The summed E-state index contributed by atoms with van der Waals surface area (Å²) in [6.45, 7) is 7.46. The van der Waals surface area contributed by atoms with Crippen molar-refractivity contribution < 1.29 is 22.5 Å². The van der Waals surface area contributed by atoms with E-state index in [4.69, 9.17) is 13.4 Å². The highest BCUT2D eigenvalue weighted by atomic mass is 33.1. The lowest BCUT2D eigenvalue weighted by Gasteiger charge is -2.21. The maximum atomic E-state index is 12.3. The van der Waals surface area contributed by atoms with Gasteiger partial charge in [-0.05, 0) is 13.8 Å². The minimum atomic E-state index is -3.71. The van der Waals surface area contributed by atoms with Crippen LogP contribution in [0.3, 0.4) is 0 Å². The molecule has 104 valence electrons. The van der Waals surface area contributed by atoms with E-state index >= 15 is 0 Å². The van der Waals surface area contributed by atoms with Crippen LogP contribution in [0.2, 0.25) is 0 Å². The average Bonchev–Trinajstić information content (AvgIpc) is 2.17. The summed E-state index contributed by atoms with van der Waals surface area (Å²) < 4.78 is 39.6. The Bertz CT molecular complexity index is 252. The second-order valence-electron chi connectivity index (χ2n) is 2.65. The van der Waals surface area contributed by atoms with Crippen LogP contribution in [0.25, 0.3) is 0 Å². The molecule has 0 saturated carbocycles. The molecule has 0 rings (SSSR count). The molecule has 0 bridgehead atoms. The topological polar surface area (TPSA) is 61.8 Å². The Balaban J connectivity index is 4.79. The van der Waals surface area contributed by atoms with Crippen LogP contribution >= 0.6 is 36.4 Å². The smallest absolute Gasteiger partial charge is 0.287 e. The van der Waals surface area contributed by atoms with Crippen LogP contribution in [0.1, 0.15) is 27.7 Å². The molecule has 0 aromatic rings. The molecular formula is C8H20O5P2S2. The van der Waals surface area contributed by atoms with Crippen LogP contribution in [0.5, 0.6) is 0 Å². The third-order valence-corrected chi connectivity index (χ3v) is 11.8. The number of hydrogen-bond donors (Lipinski definition) is 0. The van der Waals surface area contributed by atoms with Gasteiger partial charge in [-0.3, -0.25) is 13.6 Å². The van der Waals surface area contributed by atoms with Crippen molar-refractivity contribution in [3.8, 4) is 0 Å². The first-order chi connectivity index (χ1) is 7.95. The van der Waals surface area contributed by atoms with Gasteiger partial charge in [-0.2, -0.15) is 0 Å². The molecule has 0 unspecified atom stereocenters. The third kappa shape index (κ3) is 7.26. The van der Waals surface area contributed by atoms with Crippen LogP contribution in [0.15, 0.2) is 0 Å². The van der Waals surface area contributed by atoms with E-state index in [1.54, 1.807) is 13.8 Å². The normalized spacial score (nSPS) is 12.9. The Morgan fingerprint density at radius 2 is 1.29 bits per heavy atom. The molecule has 0 fully saturated rings. The van der Waals surface area contributed by atoms with Crippen LogP contribution in [-0.4, -0.2) is 24.7 Å². The van der Waals surface area contributed by atoms with Crippen LogP contribution in [0, 0.1) is 0 Å². The van der Waals surface area contributed by atoms with E-state index < -0.39 is 13.6 Å². The molecule has 5 nitrogen and oxygen atoms in total. The van der Waals surface area contributed by atoms with E-state index in [9.17, 15) is 9.13 Å². The number of hydrogen-bond acceptors (Lipinski definition) is 7. The monoisotopic (exact) mass is 322 g/mol. The highest BCUT2D eigenvalue weighted by Gasteiger charge is 2.37. The summed E-state index contributed by atoms with van der Waals surface area (Å²) in [5.41, 5.74) is 0. The first kappa shape index (κ1) is 18.0. The van der Waals surface area contributed by atoms with Crippen molar-refractivity contribution in [1.29, 1.82) is 0 Å². The molecule has 0 radical (unpaired) electrons. The molecule has 0 aromatic carbocycles. The van der Waals surface area contributed by atoms with E-state index in [1.807, 2.05) is 13.8 Å². The predicted molar refractivity (Wildman–Crippen MR) is 75.8 cm³/mol. The van der Waals surface area contributed by atoms with Gasteiger partial charge in [0.2, 0.25) is 0 Å². The standard InChI is InChI=1S/C8H20O5P2S2/c1-5-11-14(9,12-6-2)13-15(10,16-7-3)17-8-4/h5-8H2,1-4H3. The van der Waals surface area contributed by atoms with Crippen molar-refractivity contribution in [2.75, 3.05) is 24.7 Å². The summed E-state index contributed by atoms with van der Waals surface area (Å²) in [6, 6.07) is 0. The number of phosphoric ester groups is 1. The Kier molecular flexibility index (Phi) is 9.58. The lowest BCUT2D eigenvalue weighted by atomic mass is 10.9. The zero-order chi connectivity index (χ0) is 13.4. The van der Waals surface area contributed by atoms with Crippen LogP contribution in [0.4, 0.5) is 0 Å². The van der Waals surface area contributed by atoms with E-state index in [0.717, 1.165) is 22.8 Å². The zero-order valence-corrected chi connectivity index (χ0v) is 14.0. The summed E-state index contributed by atoms with van der Waals surface area (Å²) in [5.74, 6) is -1.85. The summed E-state index contributed by atoms with van der Waals surface area (Å²) in [7, 11) is -3.71. The minimum absolute atomic E-state index is 0.185. The van der Waals surface area contributed by atoms with Crippen molar-refractivity contribution >= 4 is 36.4 Å². The van der Waals surface area contributed by atoms with Crippen molar-refractivity contribution in [1.82, 2.24) is 0 Å². The third-order valence-electron chi connectivity index (χ3n) is 1.35. The maximum absolute atomic E-state index is 12.3. The lowest BCUT2D eigenvalue weighted by Crippen LogP contribution is -1.97. The van der Waals surface area contributed by atoms with Crippen molar-refractivity contribution in [2.24, 2.45) is 0 Å². The molecule has 0 saturated heterocycles. The van der Waals surface area contributed by atoms with Gasteiger partial charge in [-0.15, -0.1) is 0 Å². The first-order valence-corrected chi connectivity index (χ1v) is 11.7. The van der Waals surface area contributed by atoms with E-state index in [2.05, 4.69) is 0 Å². The Labute approximate surface area is 111 Å². The van der Waals surface area contributed by atoms with Gasteiger partial charge in [-0.1, -0.05) is 36.6 Å². The fraction of sp³-hybridized carbons (Fsp3) is 1.00. The molecule has 0 atom stereocenters. The quantitative estimate of drug-likeness (QED) is 0.535. The van der Waals surface area contributed by atoms with Crippen LogP contribution < -0.4 is 0 Å². The van der Waals surface area contributed by atoms with Crippen molar-refractivity contribution in [2.45, 2.75) is 27.7 Å². The molecule has 0 amide bonds. The highest BCUT2D eigenvalue weighted by Crippen LogP contribution is 2.77. The van der Waals surface area contributed by atoms with E-state index in [-0.39, 0.29) is 13.2 Å². The zero-order valence-electron chi connectivity index (χ0n) is 10.6. The SMILES string of the molecule is CCOP(=O)(OCC)OP(=O)(SCC)SCC. The van der Waals surface area contributed by atoms with Gasteiger partial charge in [0.1, 0.15) is 0 Å². The summed E-state index contributed by atoms with van der Waals surface area (Å²) in [5, 5.41) is 0. The van der Waals surface area contributed by atoms with Gasteiger partial charge in [0.25, 0.3) is 0 Å². The van der Waals surface area contributed by atoms with E-state index in [1.165, 1.54) is 0 Å². The molecule has 0 aromatic heterocycles. The molecule has 0 aliphatic carbocycles. The fourth-order valence-corrected chi connectivity index (χ4v) is 11.1. The predicted octanol–water partition coefficient (Wildman–Crippen LogP) is 4.80. The van der Waals surface area contributed by atoms with Gasteiger partial charge in [0, 0.05) is 11.5 Å². The molecule has 17 heavy (non-hydrogen) atoms. The largest absolute Gasteiger partial charge is 0.481 e. The number of phosphoric acid groups is 1. The van der Waals surface area contributed by atoms with Gasteiger partial charge >= 0.3 is 13.6 Å². The number of rotatable bonds is 10. The average molecular weight is 322 g/mol. The first-order valence-electron chi connectivity index (χ1n) is 5.44. The highest BCUT2D eigenvalue weighted by molar-refractivity contribution is 8.89. The second kappa shape index (κ2) is 9.03. The molecular weight excluding hydrogens is 302 g/mol. The molecule has 0 N–H and O–H groups in total. The maximum Gasteiger partial charge on any atom is 0.481 e. The Hall–Kier alpha value is 1.04. The molecule has 9 heteroatoms. The Morgan fingerprint density at radius 1 is 0.882 bits per heavy atom. The summed E-state index contributed by atoms with van der Waals surface area (Å²) in [6.07, 6.45) is 0. The molecule has 0 spiro atoms. The van der Waals surface area contributed by atoms with Gasteiger partial charge < -0.3 is 0 Å². The fourth-order valence-electron chi connectivity index (χ4n) is 0.924.